The van der Waals surface area contributed by atoms with E-state index in [1.54, 1.807) is 7.11 Å². The van der Waals surface area contributed by atoms with Crippen molar-refractivity contribution in [3.05, 3.63) is 47.8 Å². The van der Waals surface area contributed by atoms with Crippen LogP contribution in [0, 0.1) is 5.92 Å². The van der Waals surface area contributed by atoms with Crippen LogP contribution in [0.4, 0.5) is 5.82 Å². The van der Waals surface area contributed by atoms with E-state index in [1.807, 2.05) is 12.1 Å². The first kappa shape index (κ1) is 20.5. The van der Waals surface area contributed by atoms with Gasteiger partial charge in [-0.2, -0.15) is 0 Å². The zero-order valence-corrected chi connectivity index (χ0v) is 19.2. The number of hydrogen-bond donors (Lipinski definition) is 1. The Balaban J connectivity index is 1.26. The number of nitrogens with one attached hydrogen (secondary N) is 1. The highest BCUT2D eigenvalue weighted by Crippen LogP contribution is 2.55. The number of H-pyrrole nitrogens is 1. The molecule has 1 atom stereocenters. The van der Waals surface area contributed by atoms with Gasteiger partial charge in [0.05, 0.1) is 18.4 Å². The molecule has 3 aromatic rings. The maximum absolute atomic E-state index is 12.9. The SMILES string of the molecule is COc1ccccc1C1(c2nc3ccc(N4CCC[C@@H](C(=O)N5CCCC5)C4)nc3[nH]2)CC1. The fourth-order valence-corrected chi connectivity index (χ4v) is 5.67. The normalized spacial score (nSPS) is 22.0. The Labute approximate surface area is 194 Å². The third-order valence-electron chi connectivity index (χ3n) is 7.67. The Kier molecular flexibility index (Phi) is 5.00. The monoisotopic (exact) mass is 445 g/mol. The van der Waals surface area contributed by atoms with Gasteiger partial charge < -0.3 is 19.5 Å². The molecular formula is C26H31N5O2. The van der Waals surface area contributed by atoms with Crippen molar-refractivity contribution in [2.45, 2.75) is 43.9 Å². The lowest BCUT2D eigenvalue weighted by molar-refractivity contribution is -0.134. The molecule has 1 saturated carbocycles. The summed E-state index contributed by atoms with van der Waals surface area (Å²) >= 11 is 0. The summed E-state index contributed by atoms with van der Waals surface area (Å²) in [6, 6.07) is 12.3. The number of amides is 1. The van der Waals surface area contributed by atoms with E-state index in [9.17, 15) is 4.79 Å². The van der Waals surface area contributed by atoms with E-state index >= 15 is 0 Å². The lowest BCUT2D eigenvalue weighted by Crippen LogP contribution is -2.44. The average molecular weight is 446 g/mol. The van der Waals surface area contributed by atoms with Gasteiger partial charge in [-0.05, 0) is 56.7 Å². The number of aromatic amines is 1. The van der Waals surface area contributed by atoms with E-state index in [2.05, 4.69) is 39.0 Å². The molecule has 0 spiro atoms. The van der Waals surface area contributed by atoms with Gasteiger partial charge in [-0.25, -0.2) is 9.97 Å². The number of carbonyl (C=O) groups excluding carboxylic acids is 1. The molecule has 4 heterocycles. The van der Waals surface area contributed by atoms with Gasteiger partial charge in [-0.3, -0.25) is 4.79 Å². The van der Waals surface area contributed by atoms with Crippen molar-refractivity contribution in [1.82, 2.24) is 19.9 Å². The second-order valence-electron chi connectivity index (χ2n) is 9.72. The van der Waals surface area contributed by atoms with Gasteiger partial charge in [-0.15, -0.1) is 0 Å². The van der Waals surface area contributed by atoms with Crippen molar-refractivity contribution < 1.29 is 9.53 Å². The summed E-state index contributed by atoms with van der Waals surface area (Å²) in [5.41, 5.74) is 2.77. The van der Waals surface area contributed by atoms with Gasteiger partial charge in [0.25, 0.3) is 0 Å². The molecule has 0 bridgehead atoms. The molecule has 6 rings (SSSR count). The lowest BCUT2D eigenvalue weighted by atomic mass is 9.94. The largest absolute Gasteiger partial charge is 0.496 e. The number of hydrogen-bond acceptors (Lipinski definition) is 5. The second-order valence-corrected chi connectivity index (χ2v) is 9.72. The number of likely N-dealkylation sites (tertiary alicyclic amines) is 1. The van der Waals surface area contributed by atoms with Crippen LogP contribution in [0.3, 0.4) is 0 Å². The number of anilines is 1. The average Bonchev–Trinajstić information content (AvgIpc) is 3.28. The topological polar surface area (TPSA) is 74.3 Å². The van der Waals surface area contributed by atoms with Crippen molar-refractivity contribution in [3.63, 3.8) is 0 Å². The third kappa shape index (κ3) is 3.54. The van der Waals surface area contributed by atoms with E-state index in [4.69, 9.17) is 14.7 Å². The maximum Gasteiger partial charge on any atom is 0.227 e. The first-order valence-corrected chi connectivity index (χ1v) is 12.2. The van der Waals surface area contributed by atoms with Gasteiger partial charge in [0, 0.05) is 31.7 Å². The quantitative estimate of drug-likeness (QED) is 0.645. The van der Waals surface area contributed by atoms with Crippen LogP contribution in [-0.2, 0) is 10.2 Å². The van der Waals surface area contributed by atoms with Crippen LogP contribution in [0.1, 0.15) is 49.9 Å². The molecule has 3 fully saturated rings. The molecule has 7 heteroatoms. The van der Waals surface area contributed by atoms with E-state index < -0.39 is 0 Å². The van der Waals surface area contributed by atoms with Gasteiger partial charge in [-0.1, -0.05) is 18.2 Å². The minimum absolute atomic E-state index is 0.0759. The first-order valence-electron chi connectivity index (χ1n) is 12.2. The number of para-hydroxylation sites is 1. The number of imidazole rings is 1. The summed E-state index contributed by atoms with van der Waals surface area (Å²) in [7, 11) is 1.72. The molecule has 3 aliphatic rings. The number of benzene rings is 1. The van der Waals surface area contributed by atoms with Crippen LogP contribution in [0.25, 0.3) is 11.2 Å². The molecule has 172 valence electrons. The number of fused-ring (bicyclic) bond motifs is 1. The molecule has 1 aromatic carbocycles. The molecule has 0 unspecified atom stereocenters. The van der Waals surface area contributed by atoms with Crippen molar-refractivity contribution in [2.24, 2.45) is 5.92 Å². The number of ether oxygens (including phenoxy) is 1. The summed E-state index contributed by atoms with van der Waals surface area (Å²) in [5, 5.41) is 0. The number of rotatable bonds is 5. The highest BCUT2D eigenvalue weighted by atomic mass is 16.5. The van der Waals surface area contributed by atoms with Crippen LogP contribution < -0.4 is 9.64 Å². The molecule has 2 aromatic heterocycles. The molecule has 1 aliphatic carbocycles. The number of aromatic nitrogens is 3. The summed E-state index contributed by atoms with van der Waals surface area (Å²) in [5.74, 6) is 3.21. The zero-order chi connectivity index (χ0) is 22.4. The summed E-state index contributed by atoms with van der Waals surface area (Å²) in [4.78, 5) is 30.7. The van der Waals surface area contributed by atoms with Crippen LogP contribution in [0.5, 0.6) is 5.75 Å². The van der Waals surface area contributed by atoms with E-state index in [0.717, 1.165) is 93.3 Å². The highest BCUT2D eigenvalue weighted by Gasteiger charge is 2.50. The van der Waals surface area contributed by atoms with E-state index in [1.165, 1.54) is 5.56 Å². The van der Waals surface area contributed by atoms with Gasteiger partial charge >= 0.3 is 0 Å². The Hall–Kier alpha value is -3.09. The van der Waals surface area contributed by atoms with Crippen LogP contribution in [0.2, 0.25) is 0 Å². The molecular weight excluding hydrogens is 414 g/mol. The van der Waals surface area contributed by atoms with Crippen molar-refractivity contribution >= 4 is 22.9 Å². The second kappa shape index (κ2) is 8.04. The number of pyridine rings is 1. The van der Waals surface area contributed by atoms with E-state index in [0.29, 0.717) is 5.91 Å². The number of nitrogens with zero attached hydrogens (tertiary/aromatic N) is 4. The van der Waals surface area contributed by atoms with Crippen LogP contribution in [0.15, 0.2) is 36.4 Å². The fraction of sp³-hybridized carbons (Fsp3) is 0.500. The summed E-state index contributed by atoms with van der Waals surface area (Å²) in [6.45, 7) is 3.53. The van der Waals surface area contributed by atoms with Gasteiger partial charge in [0.15, 0.2) is 5.65 Å². The standard InChI is InChI=1S/C26H31N5O2/c1-33-21-9-3-2-8-19(21)26(12-13-26)25-27-20-10-11-22(28-23(20)29-25)31-16-6-7-18(17-31)24(32)30-14-4-5-15-30/h2-3,8-11,18H,4-7,12-17H2,1H3,(H,27,28,29)/t18-/m1/s1. The number of carbonyl (C=O) groups is 1. The number of methoxy groups -OCH3 is 1. The van der Waals surface area contributed by atoms with Crippen molar-refractivity contribution in [3.8, 4) is 5.75 Å². The van der Waals surface area contributed by atoms with Crippen LogP contribution >= 0.6 is 0 Å². The molecule has 2 aliphatic heterocycles. The molecule has 7 nitrogen and oxygen atoms in total. The maximum atomic E-state index is 12.9. The van der Waals surface area contributed by atoms with Gasteiger partial charge in [0.1, 0.15) is 22.9 Å². The Bertz CT molecular complexity index is 1180. The van der Waals surface area contributed by atoms with Gasteiger partial charge in [0.2, 0.25) is 5.91 Å². The zero-order valence-electron chi connectivity index (χ0n) is 19.2. The molecule has 1 N–H and O–H groups in total. The Morgan fingerprint density at radius 1 is 1.06 bits per heavy atom. The molecule has 0 radical (unpaired) electrons. The number of piperidine rings is 1. The minimum Gasteiger partial charge on any atom is -0.496 e. The molecule has 33 heavy (non-hydrogen) atoms. The first-order chi connectivity index (χ1) is 16.2. The molecule has 2 saturated heterocycles. The Morgan fingerprint density at radius 3 is 2.67 bits per heavy atom. The minimum atomic E-state index is -0.119. The van der Waals surface area contributed by atoms with Crippen molar-refractivity contribution in [1.29, 1.82) is 0 Å². The molecule has 1 amide bonds. The predicted molar refractivity (Wildman–Crippen MR) is 128 cm³/mol. The third-order valence-corrected chi connectivity index (χ3v) is 7.67. The Morgan fingerprint density at radius 2 is 1.88 bits per heavy atom. The fourth-order valence-electron chi connectivity index (χ4n) is 5.67. The van der Waals surface area contributed by atoms with Crippen molar-refractivity contribution in [2.75, 3.05) is 38.2 Å². The van der Waals surface area contributed by atoms with E-state index in [-0.39, 0.29) is 11.3 Å². The summed E-state index contributed by atoms with van der Waals surface area (Å²) in [6.07, 6.45) is 6.37. The predicted octanol–water partition coefficient (Wildman–Crippen LogP) is 3.89. The highest BCUT2D eigenvalue weighted by molar-refractivity contribution is 5.80. The lowest BCUT2D eigenvalue weighted by Gasteiger charge is -2.34. The smallest absolute Gasteiger partial charge is 0.227 e. The summed E-state index contributed by atoms with van der Waals surface area (Å²) < 4.78 is 5.64. The van der Waals surface area contributed by atoms with Crippen LogP contribution in [-0.4, -0.2) is 59.0 Å².